The van der Waals surface area contributed by atoms with Crippen LogP contribution in [0.3, 0.4) is 0 Å². The molecule has 0 fully saturated rings. The average Bonchev–Trinajstić information content (AvgIpc) is 2.65. The predicted molar refractivity (Wildman–Crippen MR) is 56.7 cm³/mol. The zero-order valence-electron chi connectivity index (χ0n) is 8.38. The molecule has 0 atom stereocenters. The highest BCUT2D eigenvalue weighted by atomic mass is 32.2. The molecule has 0 radical (unpaired) electrons. The van der Waals surface area contributed by atoms with Gasteiger partial charge in [0.25, 0.3) is 0 Å². The summed E-state index contributed by atoms with van der Waals surface area (Å²) in [4.78, 5) is 4.35. The molecule has 2 aromatic heterocycles. The third-order valence-corrected chi connectivity index (χ3v) is 2.72. The first-order chi connectivity index (χ1) is 7.29. The first kappa shape index (κ1) is 9.91. The Balaban J connectivity index is 2.21. The topological polar surface area (TPSA) is 68.5 Å². The lowest BCUT2D eigenvalue weighted by Crippen LogP contribution is -1.95. The molecule has 2 rings (SSSR count). The summed E-state index contributed by atoms with van der Waals surface area (Å²) in [5, 5.41) is 15.7. The summed E-state index contributed by atoms with van der Waals surface area (Å²) >= 11 is 1.43. The van der Waals surface area contributed by atoms with Gasteiger partial charge in [-0.1, -0.05) is 6.07 Å². The van der Waals surface area contributed by atoms with Gasteiger partial charge in [-0.05, 0) is 34.3 Å². The molecule has 1 N–H and O–H groups in total. The van der Waals surface area contributed by atoms with E-state index >= 15 is 0 Å². The minimum Gasteiger partial charge on any atom is -0.373 e. The molecule has 0 spiro atoms. The van der Waals surface area contributed by atoms with Crippen LogP contribution in [0.15, 0.2) is 28.4 Å². The molecule has 0 aliphatic rings. The molecule has 0 bridgehead atoms. The molecule has 0 saturated carbocycles. The van der Waals surface area contributed by atoms with E-state index in [9.17, 15) is 0 Å². The molecule has 0 amide bonds. The van der Waals surface area contributed by atoms with Crippen LogP contribution in [0.25, 0.3) is 0 Å². The number of nitrogens with zero attached hydrogens (tertiary/aromatic N) is 5. The van der Waals surface area contributed by atoms with Crippen molar-refractivity contribution in [2.75, 3.05) is 12.4 Å². The summed E-state index contributed by atoms with van der Waals surface area (Å²) in [5.41, 5.74) is 0. The van der Waals surface area contributed by atoms with Crippen LogP contribution >= 0.6 is 11.8 Å². The van der Waals surface area contributed by atoms with E-state index in [1.807, 2.05) is 25.2 Å². The second-order valence-corrected chi connectivity index (χ2v) is 3.79. The fourth-order valence-electron chi connectivity index (χ4n) is 1.01. The zero-order chi connectivity index (χ0) is 10.7. The highest BCUT2D eigenvalue weighted by Crippen LogP contribution is 2.23. The van der Waals surface area contributed by atoms with Crippen LogP contribution in [-0.4, -0.2) is 32.2 Å². The lowest BCUT2D eigenvalue weighted by Gasteiger charge is -2.01. The highest BCUT2D eigenvalue weighted by molar-refractivity contribution is 7.99. The minimum absolute atomic E-state index is 0.718. The van der Waals surface area contributed by atoms with Crippen molar-refractivity contribution in [2.24, 2.45) is 7.05 Å². The largest absolute Gasteiger partial charge is 0.373 e. The van der Waals surface area contributed by atoms with Crippen molar-refractivity contribution in [3.05, 3.63) is 18.2 Å². The Morgan fingerprint density at radius 2 is 2.27 bits per heavy atom. The van der Waals surface area contributed by atoms with Crippen LogP contribution in [0.2, 0.25) is 0 Å². The number of aryl methyl sites for hydroxylation is 1. The Morgan fingerprint density at radius 3 is 2.93 bits per heavy atom. The lowest BCUT2D eigenvalue weighted by molar-refractivity contribution is 0.664. The number of rotatable bonds is 3. The zero-order valence-corrected chi connectivity index (χ0v) is 9.19. The summed E-state index contributed by atoms with van der Waals surface area (Å²) in [7, 11) is 3.63. The third kappa shape index (κ3) is 2.24. The second-order valence-electron chi connectivity index (χ2n) is 2.80. The van der Waals surface area contributed by atoms with Gasteiger partial charge in [0.05, 0.1) is 0 Å². The van der Waals surface area contributed by atoms with E-state index in [1.165, 1.54) is 11.8 Å². The van der Waals surface area contributed by atoms with E-state index in [2.05, 4.69) is 25.8 Å². The molecule has 0 unspecified atom stereocenters. The molecule has 0 aliphatic heterocycles. The van der Waals surface area contributed by atoms with E-state index in [4.69, 9.17) is 0 Å². The molecule has 2 aromatic rings. The van der Waals surface area contributed by atoms with Crippen molar-refractivity contribution in [2.45, 2.75) is 10.2 Å². The van der Waals surface area contributed by atoms with Crippen LogP contribution in [0, 0.1) is 0 Å². The monoisotopic (exact) mass is 222 g/mol. The normalized spacial score (nSPS) is 10.3. The van der Waals surface area contributed by atoms with E-state index in [-0.39, 0.29) is 0 Å². The van der Waals surface area contributed by atoms with Gasteiger partial charge in [-0.3, -0.25) is 0 Å². The van der Waals surface area contributed by atoms with Gasteiger partial charge in [0.2, 0.25) is 5.16 Å². The number of hydrogen-bond donors (Lipinski definition) is 1. The molecule has 15 heavy (non-hydrogen) atoms. The number of hydrogen-bond acceptors (Lipinski definition) is 6. The molecular weight excluding hydrogens is 212 g/mol. The molecule has 0 aromatic carbocycles. The summed E-state index contributed by atoms with van der Waals surface area (Å²) in [6.07, 6.45) is 0. The highest BCUT2D eigenvalue weighted by Gasteiger charge is 2.05. The van der Waals surface area contributed by atoms with Crippen LogP contribution < -0.4 is 5.32 Å². The smallest absolute Gasteiger partial charge is 0.215 e. The first-order valence-electron chi connectivity index (χ1n) is 4.34. The SMILES string of the molecule is CNc1cccc(Sc2nnnn2C)n1. The van der Waals surface area contributed by atoms with Gasteiger partial charge in [0.1, 0.15) is 10.8 Å². The van der Waals surface area contributed by atoms with Gasteiger partial charge < -0.3 is 5.32 Å². The van der Waals surface area contributed by atoms with E-state index in [0.717, 1.165) is 16.0 Å². The van der Waals surface area contributed by atoms with Gasteiger partial charge in [-0.15, -0.1) is 5.10 Å². The molecule has 0 saturated heterocycles. The van der Waals surface area contributed by atoms with Gasteiger partial charge >= 0.3 is 0 Å². The maximum Gasteiger partial charge on any atom is 0.215 e. The van der Waals surface area contributed by atoms with E-state index < -0.39 is 0 Å². The van der Waals surface area contributed by atoms with Crippen molar-refractivity contribution in [1.82, 2.24) is 25.2 Å². The standard InChI is InChI=1S/C8H10N6S/c1-9-6-4-3-5-7(10-6)15-8-11-12-13-14(8)2/h3-5H,1-2H3,(H,9,10). The Kier molecular flexibility index (Phi) is 2.82. The van der Waals surface area contributed by atoms with E-state index in [0.29, 0.717) is 0 Å². The Morgan fingerprint density at radius 1 is 1.40 bits per heavy atom. The van der Waals surface area contributed by atoms with Gasteiger partial charge in [-0.25, -0.2) is 9.67 Å². The number of aromatic nitrogens is 5. The number of tetrazole rings is 1. The van der Waals surface area contributed by atoms with Crippen molar-refractivity contribution >= 4 is 17.6 Å². The molecular formula is C8H10N6S. The molecule has 6 nitrogen and oxygen atoms in total. The van der Waals surface area contributed by atoms with Crippen molar-refractivity contribution in [3.63, 3.8) is 0 Å². The van der Waals surface area contributed by atoms with Crippen molar-refractivity contribution < 1.29 is 0 Å². The van der Waals surface area contributed by atoms with E-state index in [1.54, 1.807) is 11.7 Å². The number of pyridine rings is 1. The fourth-order valence-corrected chi connectivity index (χ4v) is 1.74. The lowest BCUT2D eigenvalue weighted by atomic mass is 10.5. The Hall–Kier alpha value is -1.63. The molecule has 2 heterocycles. The van der Waals surface area contributed by atoms with Crippen LogP contribution in [-0.2, 0) is 7.05 Å². The average molecular weight is 222 g/mol. The van der Waals surface area contributed by atoms with Gasteiger partial charge in [0, 0.05) is 14.1 Å². The molecule has 78 valence electrons. The summed E-state index contributed by atoms with van der Waals surface area (Å²) in [5.74, 6) is 0.829. The Labute approximate surface area is 91.1 Å². The summed E-state index contributed by atoms with van der Waals surface area (Å²) in [6.45, 7) is 0. The summed E-state index contributed by atoms with van der Waals surface area (Å²) in [6, 6.07) is 5.75. The third-order valence-electron chi connectivity index (χ3n) is 1.76. The maximum absolute atomic E-state index is 4.35. The first-order valence-corrected chi connectivity index (χ1v) is 5.16. The predicted octanol–water partition coefficient (Wildman–Crippen LogP) is 0.798. The maximum atomic E-state index is 4.35. The summed E-state index contributed by atoms with van der Waals surface area (Å²) < 4.78 is 1.61. The Bertz CT molecular complexity index is 454. The fraction of sp³-hybridized carbons (Fsp3) is 0.250. The van der Waals surface area contributed by atoms with Crippen LogP contribution in [0.5, 0.6) is 0 Å². The van der Waals surface area contributed by atoms with Crippen LogP contribution in [0.1, 0.15) is 0 Å². The second kappa shape index (κ2) is 4.26. The quantitative estimate of drug-likeness (QED) is 0.828. The molecule has 0 aliphatic carbocycles. The van der Waals surface area contributed by atoms with Crippen molar-refractivity contribution in [1.29, 1.82) is 0 Å². The van der Waals surface area contributed by atoms with Gasteiger partial charge in [-0.2, -0.15) is 0 Å². The number of nitrogens with one attached hydrogen (secondary N) is 1. The molecule has 7 heteroatoms. The minimum atomic E-state index is 0.718. The van der Waals surface area contributed by atoms with Crippen molar-refractivity contribution in [3.8, 4) is 0 Å². The van der Waals surface area contributed by atoms with Crippen LogP contribution in [0.4, 0.5) is 5.82 Å². The van der Waals surface area contributed by atoms with Gasteiger partial charge in [0.15, 0.2) is 0 Å². The number of anilines is 1.